The molecule has 0 spiro atoms. The van der Waals surface area contributed by atoms with Gasteiger partial charge in [-0.25, -0.2) is 13.2 Å². The van der Waals surface area contributed by atoms with Crippen molar-refractivity contribution >= 4 is 22.0 Å². The molecule has 1 aliphatic heterocycles. The van der Waals surface area contributed by atoms with E-state index in [1.807, 2.05) is 6.92 Å². The Morgan fingerprint density at radius 2 is 1.72 bits per heavy atom. The summed E-state index contributed by atoms with van der Waals surface area (Å²) in [5.41, 5.74) is 1.00. The van der Waals surface area contributed by atoms with Gasteiger partial charge in [-0.05, 0) is 26.0 Å². The number of benzene rings is 1. The lowest BCUT2D eigenvalue weighted by molar-refractivity contribution is -0.917. The fourth-order valence-corrected chi connectivity index (χ4v) is 4.22. The van der Waals surface area contributed by atoms with Gasteiger partial charge >= 0.3 is 6.03 Å². The molecule has 0 saturated carbocycles. The summed E-state index contributed by atoms with van der Waals surface area (Å²) in [6.07, 6.45) is 0. The molecule has 0 bridgehead atoms. The number of nitrogens with one attached hydrogen (secondary N) is 3. The molecule has 25 heavy (non-hydrogen) atoms. The molecular formula is C16H25N4O4S+. The smallest absolute Gasteiger partial charge is 0.321 e. The first-order valence-corrected chi connectivity index (χ1v) is 9.63. The van der Waals surface area contributed by atoms with E-state index in [0.717, 1.165) is 10.5 Å². The molecule has 1 aromatic carbocycles. The van der Waals surface area contributed by atoms with Crippen molar-refractivity contribution in [1.82, 2.24) is 14.9 Å². The second-order valence-electron chi connectivity index (χ2n) is 6.17. The van der Waals surface area contributed by atoms with Crippen molar-refractivity contribution in [3.05, 3.63) is 29.8 Å². The van der Waals surface area contributed by atoms with Gasteiger partial charge in [-0.15, -0.1) is 0 Å². The number of rotatable bonds is 4. The third kappa shape index (κ3) is 4.56. The molecular weight excluding hydrogens is 344 g/mol. The third-order valence-corrected chi connectivity index (χ3v) is 6.41. The number of carbonyl (C=O) groups excluding carboxylic acids is 2. The van der Waals surface area contributed by atoms with Gasteiger partial charge in [0.05, 0.1) is 31.1 Å². The van der Waals surface area contributed by atoms with Gasteiger partial charge in [-0.1, -0.05) is 17.7 Å². The lowest BCUT2D eigenvalue weighted by Crippen LogP contribution is -3.19. The van der Waals surface area contributed by atoms with Crippen molar-refractivity contribution in [2.45, 2.75) is 24.8 Å². The van der Waals surface area contributed by atoms with Crippen LogP contribution < -0.4 is 15.5 Å². The molecule has 9 heteroatoms. The van der Waals surface area contributed by atoms with Crippen molar-refractivity contribution < 1.29 is 22.9 Å². The zero-order valence-corrected chi connectivity index (χ0v) is 15.5. The summed E-state index contributed by atoms with van der Waals surface area (Å²) in [4.78, 5) is 24.5. The molecule has 1 saturated heterocycles. The highest BCUT2D eigenvalue weighted by molar-refractivity contribution is 7.89. The van der Waals surface area contributed by atoms with Crippen LogP contribution in [0.15, 0.2) is 29.2 Å². The van der Waals surface area contributed by atoms with Crippen molar-refractivity contribution in [1.29, 1.82) is 0 Å². The summed E-state index contributed by atoms with van der Waals surface area (Å²) in [5, 5.41) is 4.59. The summed E-state index contributed by atoms with van der Waals surface area (Å²) >= 11 is 0. The van der Waals surface area contributed by atoms with Gasteiger partial charge in [0.2, 0.25) is 10.0 Å². The molecule has 3 N–H and O–H groups in total. The molecule has 1 atom stereocenters. The van der Waals surface area contributed by atoms with Crippen LogP contribution in [0.3, 0.4) is 0 Å². The topological polar surface area (TPSA) is 100 Å². The van der Waals surface area contributed by atoms with Gasteiger partial charge in [0.25, 0.3) is 5.91 Å². The summed E-state index contributed by atoms with van der Waals surface area (Å²) in [6, 6.07) is 5.81. The van der Waals surface area contributed by atoms with Gasteiger partial charge in [0.15, 0.2) is 6.04 Å². The van der Waals surface area contributed by atoms with Gasteiger partial charge in [0.1, 0.15) is 0 Å². The number of amides is 3. The zero-order valence-electron chi connectivity index (χ0n) is 14.7. The molecule has 0 radical (unpaired) electrons. The molecule has 138 valence electrons. The number of sulfonamides is 1. The number of hydrogen-bond donors (Lipinski definition) is 3. The summed E-state index contributed by atoms with van der Waals surface area (Å²) in [6.45, 7) is 5.33. The highest BCUT2D eigenvalue weighted by Crippen LogP contribution is 2.16. The zero-order chi connectivity index (χ0) is 18.6. The Labute approximate surface area is 148 Å². The number of urea groups is 1. The van der Waals surface area contributed by atoms with Crippen LogP contribution in [-0.4, -0.2) is 63.9 Å². The summed E-state index contributed by atoms with van der Waals surface area (Å²) < 4.78 is 26.8. The average Bonchev–Trinajstić information content (AvgIpc) is 2.61. The van der Waals surface area contributed by atoms with Crippen LogP contribution in [0.1, 0.15) is 12.5 Å². The van der Waals surface area contributed by atoms with E-state index in [4.69, 9.17) is 0 Å². The first-order chi connectivity index (χ1) is 11.8. The molecule has 0 unspecified atom stereocenters. The first kappa shape index (κ1) is 19.4. The Morgan fingerprint density at radius 1 is 1.16 bits per heavy atom. The number of quaternary nitrogens is 1. The molecule has 0 aromatic heterocycles. The van der Waals surface area contributed by atoms with Crippen molar-refractivity contribution in [2.24, 2.45) is 0 Å². The monoisotopic (exact) mass is 369 g/mol. The number of nitrogens with zero attached hydrogens (tertiary/aromatic N) is 1. The number of carbonyl (C=O) groups is 2. The molecule has 1 aliphatic rings. The van der Waals surface area contributed by atoms with E-state index in [1.54, 1.807) is 31.2 Å². The van der Waals surface area contributed by atoms with E-state index >= 15 is 0 Å². The Bertz CT molecular complexity index is 725. The predicted molar refractivity (Wildman–Crippen MR) is 92.7 cm³/mol. The SMILES string of the molecule is CNC(=O)NC(=O)[C@@H](C)[NH+]1CCN(S(=O)(=O)c2ccc(C)cc2)CC1. The highest BCUT2D eigenvalue weighted by Gasteiger charge is 2.34. The van der Waals surface area contributed by atoms with E-state index in [1.165, 1.54) is 11.4 Å². The van der Waals surface area contributed by atoms with E-state index < -0.39 is 22.1 Å². The largest absolute Gasteiger partial charge is 0.341 e. The van der Waals surface area contributed by atoms with Crippen molar-refractivity contribution in [2.75, 3.05) is 33.2 Å². The standard InChI is InChI=1S/C16H24N4O4S/c1-12-4-6-14(7-5-12)25(23,24)20-10-8-19(9-11-20)13(2)15(21)18-16(22)17-3/h4-7,13H,8-11H2,1-3H3,(H2,17,18,21,22)/p+1/t13-/m1/s1. The Balaban J connectivity index is 1.98. The van der Waals surface area contributed by atoms with Gasteiger partial charge < -0.3 is 10.2 Å². The molecule has 2 rings (SSSR count). The van der Waals surface area contributed by atoms with Crippen LogP contribution in [0.4, 0.5) is 4.79 Å². The van der Waals surface area contributed by atoms with Crippen molar-refractivity contribution in [3.63, 3.8) is 0 Å². The summed E-state index contributed by atoms with van der Waals surface area (Å²) in [5.74, 6) is -0.371. The fraction of sp³-hybridized carbons (Fsp3) is 0.500. The normalized spacial score (nSPS) is 17.7. The first-order valence-electron chi connectivity index (χ1n) is 8.19. The van der Waals surface area contributed by atoms with E-state index in [9.17, 15) is 18.0 Å². The highest BCUT2D eigenvalue weighted by atomic mass is 32.2. The minimum absolute atomic E-state index is 0.284. The van der Waals surface area contributed by atoms with Crippen molar-refractivity contribution in [3.8, 4) is 0 Å². The number of piperazine rings is 1. The van der Waals surface area contributed by atoms with Crippen LogP contribution in [0.2, 0.25) is 0 Å². The number of imide groups is 1. The predicted octanol–water partition coefficient (Wildman–Crippen LogP) is -1.27. The van der Waals surface area contributed by atoms with Gasteiger partial charge in [0, 0.05) is 7.05 Å². The minimum atomic E-state index is -3.52. The summed E-state index contributed by atoms with van der Waals surface area (Å²) in [7, 11) is -2.08. The molecule has 3 amide bonds. The van der Waals surface area contributed by atoms with Gasteiger partial charge in [-0.2, -0.15) is 4.31 Å². The van der Waals surface area contributed by atoms with Crippen LogP contribution in [0.5, 0.6) is 0 Å². The van der Waals surface area contributed by atoms with E-state index in [-0.39, 0.29) is 10.8 Å². The maximum absolute atomic E-state index is 12.7. The van der Waals surface area contributed by atoms with Crippen LogP contribution in [0.25, 0.3) is 0 Å². The van der Waals surface area contributed by atoms with Crippen LogP contribution in [-0.2, 0) is 14.8 Å². The lowest BCUT2D eigenvalue weighted by atomic mass is 10.2. The molecule has 1 fully saturated rings. The second kappa shape index (κ2) is 7.94. The maximum Gasteiger partial charge on any atom is 0.321 e. The maximum atomic E-state index is 12.7. The minimum Gasteiger partial charge on any atom is -0.341 e. The Hall–Kier alpha value is -1.97. The quantitative estimate of drug-likeness (QED) is 0.616. The lowest BCUT2D eigenvalue weighted by Gasteiger charge is -2.34. The Kier molecular flexibility index (Phi) is 6.15. The van der Waals surface area contributed by atoms with Crippen LogP contribution >= 0.6 is 0 Å². The second-order valence-corrected chi connectivity index (χ2v) is 8.10. The van der Waals surface area contributed by atoms with Crippen LogP contribution in [0, 0.1) is 6.92 Å². The van der Waals surface area contributed by atoms with E-state index in [0.29, 0.717) is 26.2 Å². The third-order valence-electron chi connectivity index (χ3n) is 4.49. The molecule has 1 heterocycles. The van der Waals surface area contributed by atoms with E-state index in [2.05, 4.69) is 10.6 Å². The average molecular weight is 369 g/mol. The number of aryl methyl sites for hydroxylation is 1. The molecule has 1 aromatic rings. The molecule has 0 aliphatic carbocycles. The fourth-order valence-electron chi connectivity index (χ4n) is 2.77. The number of hydrogen-bond acceptors (Lipinski definition) is 4. The van der Waals surface area contributed by atoms with Gasteiger partial charge in [-0.3, -0.25) is 10.1 Å². The Morgan fingerprint density at radius 3 is 2.24 bits per heavy atom. The molecule has 8 nitrogen and oxygen atoms in total.